The fraction of sp³-hybridized carbons (Fsp3) is 0.692. The maximum atomic E-state index is 12.7. The van der Waals surface area contributed by atoms with Crippen LogP contribution in [0.3, 0.4) is 0 Å². The minimum Gasteiger partial charge on any atom is -0.332 e. The van der Waals surface area contributed by atoms with Gasteiger partial charge < -0.3 is 9.47 Å². The first-order valence-corrected chi connectivity index (χ1v) is 6.82. The van der Waals surface area contributed by atoms with Crippen LogP contribution in [-0.4, -0.2) is 32.1 Å². The fourth-order valence-corrected chi connectivity index (χ4v) is 3.07. The number of amides is 1. The Balaban J connectivity index is 1.79. The molecule has 0 saturated heterocycles. The Labute approximate surface area is 112 Å². The molecule has 3 rings (SSSR count). The van der Waals surface area contributed by atoms with Crippen LogP contribution in [-0.2, 0) is 17.9 Å². The summed E-state index contributed by atoms with van der Waals surface area (Å²) in [6.45, 7) is 1.84. The number of rotatable bonds is 1. The second-order valence-corrected chi connectivity index (χ2v) is 5.42. The maximum absolute atomic E-state index is 12.7. The van der Waals surface area contributed by atoms with Gasteiger partial charge in [-0.2, -0.15) is 5.26 Å². The maximum Gasteiger partial charge on any atom is 0.243 e. The van der Waals surface area contributed by atoms with Gasteiger partial charge in [-0.05, 0) is 12.8 Å². The predicted octanol–water partition coefficient (Wildman–Crippen LogP) is 1.09. The molecule has 0 unspecified atom stereocenters. The van der Waals surface area contributed by atoms with E-state index in [0.717, 1.165) is 31.6 Å². The summed E-state index contributed by atoms with van der Waals surface area (Å²) < 4.78 is 1.96. The van der Waals surface area contributed by atoms with Crippen molar-refractivity contribution in [1.82, 2.24) is 19.7 Å². The number of nitrogens with zero attached hydrogens (tertiary/aromatic N) is 5. The topological polar surface area (TPSA) is 74.8 Å². The van der Waals surface area contributed by atoms with Crippen LogP contribution in [0, 0.1) is 16.7 Å². The summed E-state index contributed by atoms with van der Waals surface area (Å²) >= 11 is 0. The van der Waals surface area contributed by atoms with Gasteiger partial charge in [0.1, 0.15) is 11.7 Å². The Morgan fingerprint density at radius 2 is 2.11 bits per heavy atom. The average molecular weight is 259 g/mol. The van der Waals surface area contributed by atoms with E-state index in [1.165, 1.54) is 0 Å². The van der Waals surface area contributed by atoms with Gasteiger partial charge in [0.05, 0.1) is 12.6 Å². The smallest absolute Gasteiger partial charge is 0.243 e. The van der Waals surface area contributed by atoms with Gasteiger partial charge in [0, 0.05) is 13.1 Å². The Morgan fingerprint density at radius 1 is 1.32 bits per heavy atom. The Hall–Kier alpha value is -1.90. The molecule has 0 spiro atoms. The minimum absolute atomic E-state index is 0.0102. The highest BCUT2D eigenvalue weighted by Crippen LogP contribution is 2.38. The molecule has 0 N–H and O–H groups in total. The quantitative estimate of drug-likeness (QED) is 0.756. The first-order chi connectivity index (χ1) is 9.25. The molecule has 1 aromatic rings. The van der Waals surface area contributed by atoms with Crippen molar-refractivity contribution < 1.29 is 4.79 Å². The second-order valence-electron chi connectivity index (χ2n) is 5.42. The van der Waals surface area contributed by atoms with Crippen LogP contribution in [0.1, 0.15) is 37.9 Å². The molecule has 6 nitrogen and oxygen atoms in total. The van der Waals surface area contributed by atoms with Crippen LogP contribution in [0.25, 0.3) is 0 Å². The normalized spacial score (nSPS) is 21.5. The summed E-state index contributed by atoms with van der Waals surface area (Å²) in [5, 5.41) is 17.3. The van der Waals surface area contributed by atoms with E-state index >= 15 is 0 Å². The SMILES string of the molecule is N#CC1(C(=O)N2CCn3cnnc3C2)CCCCC1. The number of carbonyl (C=O) groups excluding carboxylic acids is 1. The largest absolute Gasteiger partial charge is 0.332 e. The van der Waals surface area contributed by atoms with Crippen molar-refractivity contribution >= 4 is 5.91 Å². The van der Waals surface area contributed by atoms with Gasteiger partial charge in [-0.15, -0.1) is 10.2 Å². The van der Waals surface area contributed by atoms with Gasteiger partial charge in [0.2, 0.25) is 5.91 Å². The Morgan fingerprint density at radius 3 is 2.84 bits per heavy atom. The molecule has 0 aromatic carbocycles. The lowest BCUT2D eigenvalue weighted by atomic mass is 9.74. The van der Waals surface area contributed by atoms with E-state index in [-0.39, 0.29) is 5.91 Å². The first kappa shape index (κ1) is 12.2. The number of aromatic nitrogens is 3. The van der Waals surface area contributed by atoms with Crippen LogP contribution in [0.5, 0.6) is 0 Å². The van der Waals surface area contributed by atoms with Crippen molar-refractivity contribution in [2.45, 2.75) is 45.2 Å². The van der Waals surface area contributed by atoms with Crippen molar-refractivity contribution in [2.75, 3.05) is 6.54 Å². The number of fused-ring (bicyclic) bond motifs is 1. The summed E-state index contributed by atoms with van der Waals surface area (Å²) in [5.74, 6) is 0.799. The molecule has 6 heteroatoms. The molecule has 2 aliphatic rings. The van der Waals surface area contributed by atoms with Crippen molar-refractivity contribution in [3.63, 3.8) is 0 Å². The summed E-state index contributed by atoms with van der Waals surface area (Å²) in [5.41, 5.74) is -0.791. The monoisotopic (exact) mass is 259 g/mol. The van der Waals surface area contributed by atoms with Gasteiger partial charge in [-0.1, -0.05) is 19.3 Å². The molecule has 1 aromatic heterocycles. The van der Waals surface area contributed by atoms with Crippen LogP contribution < -0.4 is 0 Å². The highest BCUT2D eigenvalue weighted by Gasteiger charge is 2.43. The molecule has 1 aliphatic carbocycles. The van der Waals surface area contributed by atoms with Crippen molar-refractivity contribution in [3.05, 3.63) is 12.2 Å². The fourth-order valence-electron chi connectivity index (χ4n) is 3.07. The summed E-state index contributed by atoms with van der Waals surface area (Å²) in [7, 11) is 0. The van der Waals surface area contributed by atoms with E-state index in [1.54, 1.807) is 11.2 Å². The number of carbonyl (C=O) groups is 1. The van der Waals surface area contributed by atoms with Crippen molar-refractivity contribution in [3.8, 4) is 6.07 Å². The van der Waals surface area contributed by atoms with E-state index in [0.29, 0.717) is 25.9 Å². The summed E-state index contributed by atoms with van der Waals surface area (Å²) in [6, 6.07) is 2.30. The van der Waals surface area contributed by atoms with Gasteiger partial charge >= 0.3 is 0 Å². The lowest BCUT2D eigenvalue weighted by molar-refractivity contribution is -0.142. The zero-order valence-corrected chi connectivity index (χ0v) is 10.9. The predicted molar refractivity (Wildman–Crippen MR) is 66.6 cm³/mol. The standard InChI is InChI=1S/C13H17N5O/c14-9-13(4-2-1-3-5-13)12(19)17-6-7-18-10-15-16-11(18)8-17/h10H,1-8H2. The Kier molecular flexibility index (Phi) is 2.97. The third kappa shape index (κ3) is 1.99. The highest BCUT2D eigenvalue weighted by molar-refractivity contribution is 5.85. The number of nitriles is 1. The van der Waals surface area contributed by atoms with E-state index in [2.05, 4.69) is 16.3 Å². The molecule has 0 radical (unpaired) electrons. The lowest BCUT2D eigenvalue weighted by Gasteiger charge is -2.36. The number of hydrogen-bond acceptors (Lipinski definition) is 4. The van der Waals surface area contributed by atoms with E-state index in [9.17, 15) is 10.1 Å². The molecule has 1 aliphatic heterocycles. The lowest BCUT2D eigenvalue weighted by Crippen LogP contribution is -2.47. The average Bonchev–Trinajstić information content (AvgIpc) is 2.94. The number of hydrogen-bond donors (Lipinski definition) is 0. The van der Waals surface area contributed by atoms with Crippen LogP contribution in [0.4, 0.5) is 0 Å². The molecular formula is C13H17N5O. The molecule has 2 heterocycles. The molecule has 19 heavy (non-hydrogen) atoms. The van der Waals surface area contributed by atoms with E-state index < -0.39 is 5.41 Å². The third-order valence-electron chi connectivity index (χ3n) is 4.26. The molecule has 100 valence electrons. The van der Waals surface area contributed by atoms with Crippen LogP contribution in [0.15, 0.2) is 6.33 Å². The molecule has 1 saturated carbocycles. The van der Waals surface area contributed by atoms with Gasteiger partial charge in [0.25, 0.3) is 0 Å². The minimum atomic E-state index is -0.791. The summed E-state index contributed by atoms with van der Waals surface area (Å²) in [4.78, 5) is 14.5. The van der Waals surface area contributed by atoms with E-state index in [4.69, 9.17) is 0 Å². The molecule has 1 amide bonds. The molecular weight excluding hydrogens is 242 g/mol. The zero-order valence-electron chi connectivity index (χ0n) is 10.9. The van der Waals surface area contributed by atoms with Gasteiger partial charge in [-0.25, -0.2) is 0 Å². The molecule has 0 bridgehead atoms. The van der Waals surface area contributed by atoms with Crippen molar-refractivity contribution in [2.24, 2.45) is 5.41 Å². The highest BCUT2D eigenvalue weighted by atomic mass is 16.2. The molecule has 1 fully saturated rings. The second kappa shape index (κ2) is 4.65. The first-order valence-electron chi connectivity index (χ1n) is 6.82. The van der Waals surface area contributed by atoms with Gasteiger partial charge in [0.15, 0.2) is 5.82 Å². The Bertz CT molecular complexity index is 523. The van der Waals surface area contributed by atoms with Crippen LogP contribution >= 0.6 is 0 Å². The van der Waals surface area contributed by atoms with Crippen molar-refractivity contribution in [1.29, 1.82) is 5.26 Å². The zero-order chi connectivity index (χ0) is 13.3. The molecule has 0 atom stereocenters. The third-order valence-corrected chi connectivity index (χ3v) is 4.26. The van der Waals surface area contributed by atoms with Gasteiger partial charge in [-0.3, -0.25) is 4.79 Å². The summed E-state index contributed by atoms with van der Waals surface area (Å²) in [6.07, 6.45) is 6.17. The van der Waals surface area contributed by atoms with Crippen LogP contribution in [0.2, 0.25) is 0 Å². The van der Waals surface area contributed by atoms with E-state index in [1.807, 2.05) is 4.57 Å².